The average Bonchev–Trinajstić information content (AvgIpc) is 2.04. The molecule has 0 atom stereocenters. The molecule has 1 aromatic rings. The topological polar surface area (TPSA) is 21.3 Å². The zero-order chi connectivity index (χ0) is 8.27. The van der Waals surface area contributed by atoms with Crippen LogP contribution in [0.4, 0.5) is 10.1 Å². The molecule has 0 saturated heterocycles. The number of benzene rings is 1. The quantitative estimate of drug-likeness (QED) is 0.775. The first kappa shape index (κ1) is 11.0. The van der Waals surface area contributed by atoms with Crippen molar-refractivity contribution in [3.05, 3.63) is 24.0 Å². The molecule has 68 valence electrons. The predicted molar refractivity (Wildman–Crippen MR) is 49.7 cm³/mol. The third-order valence-corrected chi connectivity index (χ3v) is 1.45. The maximum Gasteiger partial charge on any atom is 0.150 e. The maximum absolute atomic E-state index is 12.9. The Balaban J connectivity index is 0.00000121. The molecule has 0 amide bonds. The number of rotatable bonds is 2. The molecule has 0 aromatic heterocycles. The van der Waals surface area contributed by atoms with Crippen molar-refractivity contribution in [2.45, 2.75) is 0 Å². The van der Waals surface area contributed by atoms with Crippen LogP contribution in [0.3, 0.4) is 0 Å². The number of hydrogen-bond acceptors (Lipinski definition) is 2. The number of ether oxygens (including phenoxy) is 1. The average molecular weight is 192 g/mol. The van der Waals surface area contributed by atoms with Gasteiger partial charge in [-0.3, -0.25) is 0 Å². The van der Waals surface area contributed by atoms with Crippen LogP contribution in [-0.4, -0.2) is 14.2 Å². The van der Waals surface area contributed by atoms with Crippen molar-refractivity contribution < 1.29 is 9.13 Å². The molecule has 0 bridgehead atoms. The molecule has 0 aliphatic heterocycles. The summed E-state index contributed by atoms with van der Waals surface area (Å²) in [6, 6.07) is 4.69. The minimum Gasteiger partial charge on any atom is -0.494 e. The van der Waals surface area contributed by atoms with Crippen molar-refractivity contribution in [2.24, 2.45) is 0 Å². The van der Waals surface area contributed by atoms with Crippen molar-refractivity contribution in [1.82, 2.24) is 0 Å². The summed E-state index contributed by atoms with van der Waals surface area (Å²) in [4.78, 5) is 0. The standard InChI is InChI=1S/C8H10FNO.ClH/c1-10-8-6(9)4-3-5-7(8)11-2;/h3-5,10H,1-2H3;1H. The highest BCUT2D eigenvalue weighted by Gasteiger charge is 2.04. The van der Waals surface area contributed by atoms with E-state index in [2.05, 4.69) is 5.32 Å². The van der Waals surface area contributed by atoms with Crippen molar-refractivity contribution in [3.63, 3.8) is 0 Å². The van der Waals surface area contributed by atoms with Gasteiger partial charge in [0.05, 0.1) is 7.11 Å². The molecule has 12 heavy (non-hydrogen) atoms. The molecule has 4 heteroatoms. The number of hydrogen-bond donors (Lipinski definition) is 1. The van der Waals surface area contributed by atoms with Gasteiger partial charge < -0.3 is 10.1 Å². The third kappa shape index (κ3) is 2.01. The molecule has 0 fully saturated rings. The van der Waals surface area contributed by atoms with Gasteiger partial charge in [0, 0.05) is 7.05 Å². The Hall–Kier alpha value is -0.960. The number of halogens is 2. The van der Waals surface area contributed by atoms with Crippen LogP contribution >= 0.6 is 12.4 Å². The zero-order valence-corrected chi connectivity index (χ0v) is 7.74. The molecule has 0 saturated carbocycles. The molecule has 0 aliphatic rings. The highest BCUT2D eigenvalue weighted by molar-refractivity contribution is 5.85. The molecule has 2 nitrogen and oxygen atoms in total. The SMILES string of the molecule is CNc1c(F)cccc1OC.Cl. The molecule has 0 aliphatic carbocycles. The Morgan fingerprint density at radius 1 is 1.42 bits per heavy atom. The molecular formula is C8H11ClFNO. The molecule has 1 rings (SSSR count). The van der Waals surface area contributed by atoms with Crippen LogP contribution in [0.2, 0.25) is 0 Å². The fraction of sp³-hybridized carbons (Fsp3) is 0.250. The van der Waals surface area contributed by atoms with Gasteiger partial charge in [-0.25, -0.2) is 4.39 Å². The summed E-state index contributed by atoms with van der Waals surface area (Å²) in [6.45, 7) is 0. The number of anilines is 1. The van der Waals surface area contributed by atoms with Crippen molar-refractivity contribution in [1.29, 1.82) is 0 Å². The summed E-state index contributed by atoms with van der Waals surface area (Å²) in [5, 5.41) is 2.71. The van der Waals surface area contributed by atoms with Crippen molar-refractivity contribution in [3.8, 4) is 5.75 Å². The summed E-state index contributed by atoms with van der Waals surface area (Å²) < 4.78 is 17.8. The first-order chi connectivity index (χ1) is 5.29. The highest BCUT2D eigenvalue weighted by Crippen LogP contribution is 2.25. The zero-order valence-electron chi connectivity index (χ0n) is 6.93. The Bertz CT molecular complexity index is 255. The van der Waals surface area contributed by atoms with Gasteiger partial charge in [-0.05, 0) is 12.1 Å². The Labute approximate surface area is 77.1 Å². The normalized spacial score (nSPS) is 8.58. The Morgan fingerprint density at radius 2 is 2.08 bits per heavy atom. The van der Waals surface area contributed by atoms with Crippen molar-refractivity contribution in [2.75, 3.05) is 19.5 Å². The van der Waals surface area contributed by atoms with Crippen LogP contribution in [0.25, 0.3) is 0 Å². The number of nitrogens with one attached hydrogen (secondary N) is 1. The summed E-state index contributed by atoms with van der Waals surface area (Å²) in [6.07, 6.45) is 0. The first-order valence-corrected chi connectivity index (χ1v) is 3.30. The molecule has 1 aromatic carbocycles. The van der Waals surface area contributed by atoms with Crippen LogP contribution in [0.1, 0.15) is 0 Å². The van der Waals surface area contributed by atoms with E-state index in [0.29, 0.717) is 11.4 Å². The Kier molecular flexibility index (Phi) is 4.44. The van der Waals surface area contributed by atoms with Gasteiger partial charge in [0.1, 0.15) is 17.3 Å². The van der Waals surface area contributed by atoms with Crippen LogP contribution in [0.15, 0.2) is 18.2 Å². The van der Waals surface area contributed by atoms with E-state index in [1.165, 1.54) is 13.2 Å². The van der Waals surface area contributed by atoms with Gasteiger partial charge >= 0.3 is 0 Å². The minimum atomic E-state index is -0.299. The van der Waals surface area contributed by atoms with Gasteiger partial charge in [-0.1, -0.05) is 6.07 Å². The fourth-order valence-electron chi connectivity index (χ4n) is 0.917. The molecule has 1 N–H and O–H groups in total. The van der Waals surface area contributed by atoms with E-state index in [1.54, 1.807) is 19.2 Å². The van der Waals surface area contributed by atoms with Crippen LogP contribution in [0.5, 0.6) is 5.75 Å². The van der Waals surface area contributed by atoms with E-state index >= 15 is 0 Å². The van der Waals surface area contributed by atoms with Crippen LogP contribution in [-0.2, 0) is 0 Å². The molecule has 0 spiro atoms. The van der Waals surface area contributed by atoms with Crippen molar-refractivity contribution >= 4 is 18.1 Å². The molecular weight excluding hydrogens is 181 g/mol. The Morgan fingerprint density at radius 3 is 2.50 bits per heavy atom. The molecule has 0 heterocycles. The van der Waals surface area contributed by atoms with Gasteiger partial charge in [0.15, 0.2) is 0 Å². The van der Waals surface area contributed by atoms with Gasteiger partial charge in [-0.15, -0.1) is 12.4 Å². The number of para-hydroxylation sites is 1. The second-order valence-corrected chi connectivity index (χ2v) is 2.07. The van der Waals surface area contributed by atoms with E-state index in [-0.39, 0.29) is 18.2 Å². The smallest absolute Gasteiger partial charge is 0.150 e. The predicted octanol–water partition coefficient (Wildman–Crippen LogP) is 2.30. The minimum absolute atomic E-state index is 0. The summed E-state index contributed by atoms with van der Waals surface area (Å²) >= 11 is 0. The third-order valence-electron chi connectivity index (χ3n) is 1.45. The first-order valence-electron chi connectivity index (χ1n) is 3.30. The molecule has 0 radical (unpaired) electrons. The number of methoxy groups -OCH3 is 1. The lowest BCUT2D eigenvalue weighted by Crippen LogP contribution is -1.96. The van der Waals surface area contributed by atoms with E-state index in [4.69, 9.17) is 4.74 Å². The van der Waals surface area contributed by atoms with Gasteiger partial charge in [-0.2, -0.15) is 0 Å². The second kappa shape index (κ2) is 4.83. The largest absolute Gasteiger partial charge is 0.494 e. The monoisotopic (exact) mass is 191 g/mol. The summed E-state index contributed by atoms with van der Waals surface area (Å²) in [5.41, 5.74) is 0.398. The van der Waals surface area contributed by atoms with E-state index in [1.807, 2.05) is 0 Å². The lowest BCUT2D eigenvalue weighted by Gasteiger charge is -2.07. The van der Waals surface area contributed by atoms with Gasteiger partial charge in [0.2, 0.25) is 0 Å². The highest BCUT2D eigenvalue weighted by atomic mass is 35.5. The van der Waals surface area contributed by atoms with Gasteiger partial charge in [0.25, 0.3) is 0 Å². The van der Waals surface area contributed by atoms with E-state index < -0.39 is 0 Å². The second-order valence-electron chi connectivity index (χ2n) is 2.07. The lowest BCUT2D eigenvalue weighted by molar-refractivity contribution is 0.414. The molecule has 0 unspecified atom stereocenters. The fourth-order valence-corrected chi connectivity index (χ4v) is 0.917. The van der Waals surface area contributed by atoms with Crippen LogP contribution in [0, 0.1) is 5.82 Å². The summed E-state index contributed by atoms with van der Waals surface area (Å²) in [7, 11) is 3.16. The maximum atomic E-state index is 12.9. The van der Waals surface area contributed by atoms with E-state index in [0.717, 1.165) is 0 Å². The lowest BCUT2D eigenvalue weighted by atomic mass is 10.3. The summed E-state index contributed by atoms with van der Waals surface area (Å²) in [5.74, 6) is 0.222. The van der Waals surface area contributed by atoms with Crippen LogP contribution < -0.4 is 10.1 Å². The van der Waals surface area contributed by atoms with E-state index in [9.17, 15) is 4.39 Å².